The molecule has 0 bridgehead atoms. The standard InChI is InChI=1S/C16H17N3O2/c1-3-12-13(11-19-6-9-20-10-7-19)15(14-4-2-8-21-14)18-16(12)17-5-1/h1-5,8H,6-7,9-11H2,(H,17,18). The monoisotopic (exact) mass is 283 g/mol. The fourth-order valence-corrected chi connectivity index (χ4v) is 2.86. The summed E-state index contributed by atoms with van der Waals surface area (Å²) in [6.45, 7) is 4.41. The van der Waals surface area contributed by atoms with Crippen LogP contribution in [-0.2, 0) is 11.3 Å². The van der Waals surface area contributed by atoms with Crippen LogP contribution in [0.5, 0.6) is 0 Å². The van der Waals surface area contributed by atoms with Gasteiger partial charge < -0.3 is 14.1 Å². The molecule has 0 radical (unpaired) electrons. The van der Waals surface area contributed by atoms with Gasteiger partial charge in [0.05, 0.1) is 25.2 Å². The van der Waals surface area contributed by atoms with Gasteiger partial charge in [0.15, 0.2) is 0 Å². The number of hydrogen-bond acceptors (Lipinski definition) is 4. The molecule has 0 unspecified atom stereocenters. The Morgan fingerprint density at radius 3 is 2.90 bits per heavy atom. The molecule has 4 heterocycles. The number of rotatable bonds is 3. The zero-order chi connectivity index (χ0) is 14.1. The molecule has 1 aliphatic rings. The fraction of sp³-hybridized carbons (Fsp3) is 0.312. The molecule has 1 fully saturated rings. The van der Waals surface area contributed by atoms with Gasteiger partial charge >= 0.3 is 0 Å². The number of aromatic amines is 1. The van der Waals surface area contributed by atoms with Crippen LogP contribution in [0.4, 0.5) is 0 Å². The van der Waals surface area contributed by atoms with E-state index in [1.165, 1.54) is 5.56 Å². The largest absolute Gasteiger partial charge is 0.463 e. The smallest absolute Gasteiger partial charge is 0.150 e. The summed E-state index contributed by atoms with van der Waals surface area (Å²) in [5, 5.41) is 1.16. The highest BCUT2D eigenvalue weighted by Crippen LogP contribution is 2.30. The second-order valence-corrected chi connectivity index (χ2v) is 5.24. The highest BCUT2D eigenvalue weighted by molar-refractivity contribution is 5.87. The van der Waals surface area contributed by atoms with Crippen molar-refractivity contribution in [3.8, 4) is 11.5 Å². The lowest BCUT2D eigenvalue weighted by Crippen LogP contribution is -2.35. The van der Waals surface area contributed by atoms with Crippen molar-refractivity contribution in [2.75, 3.05) is 26.3 Å². The molecule has 1 aliphatic heterocycles. The summed E-state index contributed by atoms with van der Waals surface area (Å²) in [5.41, 5.74) is 3.18. The van der Waals surface area contributed by atoms with Gasteiger partial charge in [-0.25, -0.2) is 4.98 Å². The average molecular weight is 283 g/mol. The maximum absolute atomic E-state index is 5.58. The predicted molar refractivity (Wildman–Crippen MR) is 79.9 cm³/mol. The second kappa shape index (κ2) is 5.35. The summed E-state index contributed by atoms with van der Waals surface area (Å²) >= 11 is 0. The van der Waals surface area contributed by atoms with Crippen molar-refractivity contribution in [1.29, 1.82) is 0 Å². The lowest BCUT2D eigenvalue weighted by Gasteiger charge is -2.26. The number of hydrogen-bond donors (Lipinski definition) is 1. The molecule has 3 aromatic rings. The van der Waals surface area contributed by atoms with Crippen molar-refractivity contribution >= 4 is 11.0 Å². The third kappa shape index (κ3) is 2.34. The zero-order valence-corrected chi connectivity index (χ0v) is 11.7. The quantitative estimate of drug-likeness (QED) is 0.803. The van der Waals surface area contributed by atoms with Gasteiger partial charge in [-0.3, -0.25) is 4.90 Å². The van der Waals surface area contributed by atoms with E-state index in [2.05, 4.69) is 20.9 Å². The molecule has 21 heavy (non-hydrogen) atoms. The minimum absolute atomic E-state index is 0.802. The number of pyridine rings is 1. The predicted octanol–water partition coefficient (Wildman–Crippen LogP) is 2.66. The minimum Gasteiger partial charge on any atom is -0.463 e. The summed E-state index contributed by atoms with van der Waals surface area (Å²) in [4.78, 5) is 10.2. The number of furan rings is 1. The molecule has 1 saturated heterocycles. The zero-order valence-electron chi connectivity index (χ0n) is 11.7. The van der Waals surface area contributed by atoms with Crippen molar-refractivity contribution in [3.05, 3.63) is 42.3 Å². The molecule has 108 valence electrons. The molecule has 0 atom stereocenters. The molecule has 0 saturated carbocycles. The summed E-state index contributed by atoms with van der Waals surface area (Å²) in [5.74, 6) is 0.858. The van der Waals surface area contributed by atoms with Crippen molar-refractivity contribution in [1.82, 2.24) is 14.9 Å². The second-order valence-electron chi connectivity index (χ2n) is 5.24. The van der Waals surface area contributed by atoms with Crippen molar-refractivity contribution in [2.24, 2.45) is 0 Å². The number of morpholine rings is 1. The van der Waals surface area contributed by atoms with Gasteiger partial charge in [-0.05, 0) is 24.3 Å². The number of fused-ring (bicyclic) bond motifs is 1. The van der Waals surface area contributed by atoms with Crippen LogP contribution in [0.3, 0.4) is 0 Å². The van der Waals surface area contributed by atoms with E-state index >= 15 is 0 Å². The molecule has 0 amide bonds. The van der Waals surface area contributed by atoms with Gasteiger partial charge in [-0.2, -0.15) is 0 Å². The van der Waals surface area contributed by atoms with Crippen LogP contribution in [0.15, 0.2) is 41.1 Å². The van der Waals surface area contributed by atoms with Crippen LogP contribution in [0.1, 0.15) is 5.56 Å². The van der Waals surface area contributed by atoms with Gasteiger partial charge in [0.2, 0.25) is 0 Å². The molecular weight excluding hydrogens is 266 g/mol. The molecule has 5 heteroatoms. The van der Waals surface area contributed by atoms with Gasteiger partial charge in [0.1, 0.15) is 11.4 Å². The summed E-state index contributed by atoms with van der Waals surface area (Å²) in [6, 6.07) is 7.98. The lowest BCUT2D eigenvalue weighted by atomic mass is 10.1. The summed E-state index contributed by atoms with van der Waals surface area (Å²) in [6.07, 6.45) is 3.51. The summed E-state index contributed by atoms with van der Waals surface area (Å²) < 4.78 is 11.0. The first kappa shape index (κ1) is 12.6. The SMILES string of the molecule is c1coc(-c2[nH]c3ncccc3c2CN2CCOCC2)c1. The van der Waals surface area contributed by atoms with Crippen molar-refractivity contribution < 1.29 is 9.15 Å². The van der Waals surface area contributed by atoms with E-state index in [1.54, 1.807) is 6.26 Å². The Labute approximate surface area is 122 Å². The Balaban J connectivity index is 1.78. The van der Waals surface area contributed by atoms with Crippen LogP contribution >= 0.6 is 0 Å². The van der Waals surface area contributed by atoms with E-state index in [4.69, 9.17) is 9.15 Å². The molecule has 0 spiro atoms. The third-order valence-corrected chi connectivity index (χ3v) is 3.93. The van der Waals surface area contributed by atoms with Gasteiger partial charge in [-0.15, -0.1) is 0 Å². The normalized spacial score (nSPS) is 16.6. The van der Waals surface area contributed by atoms with Crippen LogP contribution in [0, 0.1) is 0 Å². The molecule has 5 nitrogen and oxygen atoms in total. The van der Waals surface area contributed by atoms with E-state index in [0.717, 1.165) is 55.3 Å². The molecular formula is C16H17N3O2. The van der Waals surface area contributed by atoms with Crippen LogP contribution in [0.25, 0.3) is 22.5 Å². The molecule has 4 rings (SSSR count). The van der Waals surface area contributed by atoms with E-state index in [9.17, 15) is 0 Å². The molecule has 0 aromatic carbocycles. The maximum atomic E-state index is 5.58. The van der Waals surface area contributed by atoms with Crippen LogP contribution in [-0.4, -0.2) is 41.2 Å². The van der Waals surface area contributed by atoms with Crippen LogP contribution in [0.2, 0.25) is 0 Å². The number of ether oxygens (including phenoxy) is 1. The van der Waals surface area contributed by atoms with Gasteiger partial charge in [-0.1, -0.05) is 0 Å². The number of aromatic nitrogens is 2. The third-order valence-electron chi connectivity index (χ3n) is 3.93. The Hall–Kier alpha value is -2.11. The fourth-order valence-electron chi connectivity index (χ4n) is 2.86. The number of nitrogens with zero attached hydrogens (tertiary/aromatic N) is 2. The van der Waals surface area contributed by atoms with E-state index in [1.807, 2.05) is 24.4 Å². The van der Waals surface area contributed by atoms with Crippen molar-refractivity contribution in [2.45, 2.75) is 6.54 Å². The number of H-pyrrole nitrogens is 1. The Morgan fingerprint density at radius 1 is 1.19 bits per heavy atom. The first-order valence-electron chi connectivity index (χ1n) is 7.21. The minimum atomic E-state index is 0.802. The average Bonchev–Trinajstić information content (AvgIpc) is 3.16. The van der Waals surface area contributed by atoms with E-state index in [-0.39, 0.29) is 0 Å². The molecule has 0 aliphatic carbocycles. The Kier molecular flexibility index (Phi) is 3.21. The lowest BCUT2D eigenvalue weighted by molar-refractivity contribution is 0.0344. The topological polar surface area (TPSA) is 54.3 Å². The van der Waals surface area contributed by atoms with Gasteiger partial charge in [0, 0.05) is 36.8 Å². The van der Waals surface area contributed by atoms with Gasteiger partial charge in [0.25, 0.3) is 0 Å². The van der Waals surface area contributed by atoms with E-state index < -0.39 is 0 Å². The highest BCUT2D eigenvalue weighted by Gasteiger charge is 2.19. The van der Waals surface area contributed by atoms with E-state index in [0.29, 0.717) is 0 Å². The van der Waals surface area contributed by atoms with Crippen molar-refractivity contribution in [3.63, 3.8) is 0 Å². The first-order valence-corrected chi connectivity index (χ1v) is 7.21. The maximum Gasteiger partial charge on any atom is 0.150 e. The Bertz CT molecular complexity index is 727. The first-order chi connectivity index (χ1) is 10.4. The highest BCUT2D eigenvalue weighted by atomic mass is 16.5. The summed E-state index contributed by atoms with van der Waals surface area (Å²) in [7, 11) is 0. The molecule has 1 N–H and O–H groups in total. The van der Waals surface area contributed by atoms with Crippen LogP contribution < -0.4 is 0 Å². The number of nitrogens with one attached hydrogen (secondary N) is 1. The Morgan fingerprint density at radius 2 is 2.10 bits per heavy atom. The molecule has 3 aromatic heterocycles.